The van der Waals surface area contributed by atoms with Gasteiger partial charge in [0, 0.05) is 24.1 Å². The predicted octanol–water partition coefficient (Wildman–Crippen LogP) is 4.65. The monoisotopic (exact) mass is 409 g/mol. The number of aromatic nitrogens is 1. The van der Waals surface area contributed by atoms with E-state index in [1.54, 1.807) is 4.90 Å². The zero-order valence-corrected chi connectivity index (χ0v) is 16.4. The van der Waals surface area contributed by atoms with Gasteiger partial charge in [0.15, 0.2) is 5.58 Å². The lowest BCUT2D eigenvalue weighted by molar-refractivity contribution is 0.0188. The molecule has 0 spiro atoms. The number of oxazole rings is 1. The van der Waals surface area contributed by atoms with E-state index in [1.165, 1.54) is 0 Å². The second-order valence-electron chi connectivity index (χ2n) is 7.42. The number of amides is 1. The quantitative estimate of drug-likeness (QED) is 0.798. The van der Waals surface area contributed by atoms with Gasteiger partial charge in [-0.25, -0.2) is 4.79 Å². The maximum atomic E-state index is 12.1. The van der Waals surface area contributed by atoms with Crippen LogP contribution in [0, 0.1) is 5.92 Å². The van der Waals surface area contributed by atoms with Gasteiger partial charge in [-0.15, -0.1) is 0 Å². The van der Waals surface area contributed by atoms with Crippen molar-refractivity contribution in [2.45, 2.75) is 39.2 Å². The molecule has 1 amide bonds. The van der Waals surface area contributed by atoms with Crippen molar-refractivity contribution in [3.63, 3.8) is 0 Å². The number of hydrogen-bond acceptors (Lipinski definition) is 5. The van der Waals surface area contributed by atoms with Crippen molar-refractivity contribution in [1.29, 1.82) is 0 Å². The van der Waals surface area contributed by atoms with Crippen LogP contribution >= 0.6 is 15.9 Å². The van der Waals surface area contributed by atoms with Gasteiger partial charge in [0.2, 0.25) is 0 Å². The van der Waals surface area contributed by atoms with Gasteiger partial charge in [-0.1, -0.05) is 15.9 Å². The molecule has 1 N–H and O–H groups in total. The highest BCUT2D eigenvalue weighted by Crippen LogP contribution is 2.24. The van der Waals surface area contributed by atoms with E-state index in [-0.39, 0.29) is 6.09 Å². The Kier molecular flexibility index (Phi) is 5.22. The Hall–Kier alpha value is -1.76. The predicted molar refractivity (Wildman–Crippen MR) is 101 cm³/mol. The number of anilines is 1. The molecule has 1 aliphatic heterocycles. The van der Waals surface area contributed by atoms with Gasteiger partial charge in [-0.2, -0.15) is 4.98 Å². The summed E-state index contributed by atoms with van der Waals surface area (Å²) in [6.45, 7) is 7.90. The van der Waals surface area contributed by atoms with Gasteiger partial charge >= 0.3 is 6.09 Å². The summed E-state index contributed by atoms with van der Waals surface area (Å²) in [5.41, 5.74) is 1.15. The lowest BCUT2D eigenvalue weighted by Crippen LogP contribution is -2.42. The Labute approximate surface area is 156 Å². The fraction of sp³-hybridized carbons (Fsp3) is 0.556. The van der Waals surface area contributed by atoms with Crippen LogP contribution in [0.3, 0.4) is 0 Å². The number of likely N-dealkylation sites (tertiary alicyclic amines) is 1. The minimum absolute atomic E-state index is 0.219. The first-order chi connectivity index (χ1) is 11.8. The van der Waals surface area contributed by atoms with Crippen molar-refractivity contribution in [3.8, 4) is 0 Å². The molecule has 0 unspecified atom stereocenters. The molecule has 7 heteroatoms. The van der Waals surface area contributed by atoms with Gasteiger partial charge in [0.05, 0.1) is 0 Å². The zero-order chi connectivity index (χ0) is 18.0. The molecule has 2 aromatic rings. The molecule has 0 saturated carbocycles. The minimum Gasteiger partial charge on any atom is -0.444 e. The average molecular weight is 410 g/mol. The number of piperidine rings is 1. The minimum atomic E-state index is -0.447. The van der Waals surface area contributed by atoms with Gasteiger partial charge < -0.3 is 19.4 Å². The van der Waals surface area contributed by atoms with Crippen molar-refractivity contribution in [2.75, 3.05) is 25.0 Å². The fourth-order valence-electron chi connectivity index (χ4n) is 2.85. The molecular weight excluding hydrogens is 386 g/mol. The number of ether oxygens (including phenoxy) is 1. The van der Waals surface area contributed by atoms with Crippen LogP contribution in [0.25, 0.3) is 11.1 Å². The lowest BCUT2D eigenvalue weighted by Gasteiger charge is -2.33. The number of halogens is 1. The summed E-state index contributed by atoms with van der Waals surface area (Å²) in [7, 11) is 0. The van der Waals surface area contributed by atoms with Crippen molar-refractivity contribution < 1.29 is 13.9 Å². The Morgan fingerprint density at radius 1 is 1.40 bits per heavy atom. The van der Waals surface area contributed by atoms with Gasteiger partial charge in [-0.05, 0) is 57.7 Å². The first-order valence-corrected chi connectivity index (χ1v) is 9.37. The van der Waals surface area contributed by atoms with E-state index in [1.807, 2.05) is 39.0 Å². The number of rotatable bonds is 3. The number of hydrogen-bond donors (Lipinski definition) is 1. The second kappa shape index (κ2) is 7.23. The second-order valence-corrected chi connectivity index (χ2v) is 8.34. The Morgan fingerprint density at radius 3 is 2.80 bits per heavy atom. The van der Waals surface area contributed by atoms with E-state index in [9.17, 15) is 4.79 Å². The standard InChI is InChI=1S/C18H24BrN3O3/c1-18(2,3)25-17(23)22-8-6-12(7-9-22)11-20-16-21-14-10-13(19)4-5-15(14)24-16/h4-5,10,12H,6-9,11H2,1-3H3,(H,20,21). The van der Waals surface area contributed by atoms with Gasteiger partial charge in [0.1, 0.15) is 11.1 Å². The van der Waals surface area contributed by atoms with E-state index in [0.29, 0.717) is 11.9 Å². The summed E-state index contributed by atoms with van der Waals surface area (Å²) in [6.07, 6.45) is 1.67. The average Bonchev–Trinajstić information content (AvgIpc) is 2.93. The third kappa shape index (κ3) is 4.87. The highest BCUT2D eigenvalue weighted by Gasteiger charge is 2.26. The molecule has 2 heterocycles. The normalized spacial score (nSPS) is 16.2. The first-order valence-electron chi connectivity index (χ1n) is 8.58. The number of carbonyl (C=O) groups is 1. The highest BCUT2D eigenvalue weighted by atomic mass is 79.9. The van der Waals surface area contributed by atoms with Crippen LogP contribution < -0.4 is 5.32 Å². The van der Waals surface area contributed by atoms with E-state index in [0.717, 1.165) is 48.0 Å². The smallest absolute Gasteiger partial charge is 0.410 e. The summed E-state index contributed by atoms with van der Waals surface area (Å²) in [4.78, 5) is 18.3. The Bertz CT molecular complexity index is 746. The van der Waals surface area contributed by atoms with E-state index in [4.69, 9.17) is 9.15 Å². The van der Waals surface area contributed by atoms with Crippen LogP contribution in [0.5, 0.6) is 0 Å². The maximum absolute atomic E-state index is 12.1. The van der Waals surface area contributed by atoms with Crippen LogP contribution in [-0.4, -0.2) is 41.2 Å². The van der Waals surface area contributed by atoms with Gasteiger partial charge in [-0.3, -0.25) is 0 Å². The molecule has 6 nitrogen and oxygen atoms in total. The van der Waals surface area contributed by atoms with Crippen LogP contribution in [0.4, 0.5) is 10.8 Å². The highest BCUT2D eigenvalue weighted by molar-refractivity contribution is 9.10. The van der Waals surface area contributed by atoms with Gasteiger partial charge in [0.25, 0.3) is 6.01 Å². The lowest BCUT2D eigenvalue weighted by atomic mass is 9.97. The van der Waals surface area contributed by atoms with Crippen LogP contribution in [0.15, 0.2) is 27.1 Å². The summed E-state index contributed by atoms with van der Waals surface area (Å²) in [5.74, 6) is 0.487. The van der Waals surface area contributed by atoms with Crippen LogP contribution in [0.2, 0.25) is 0 Å². The summed E-state index contributed by atoms with van der Waals surface area (Å²) >= 11 is 3.43. The molecule has 0 aliphatic carbocycles. The van der Waals surface area contributed by atoms with Crippen molar-refractivity contribution in [1.82, 2.24) is 9.88 Å². The molecule has 1 aromatic heterocycles. The van der Waals surface area contributed by atoms with E-state index >= 15 is 0 Å². The SMILES string of the molecule is CC(C)(C)OC(=O)N1CCC(CNc2nc3cc(Br)ccc3o2)CC1. The molecular formula is C18H24BrN3O3. The molecule has 0 bridgehead atoms. The molecule has 136 valence electrons. The number of fused-ring (bicyclic) bond motifs is 1. The zero-order valence-electron chi connectivity index (χ0n) is 14.8. The van der Waals surface area contributed by atoms with Crippen LogP contribution in [-0.2, 0) is 4.74 Å². The third-order valence-corrected chi connectivity index (χ3v) is 4.65. The Morgan fingerprint density at radius 2 is 2.12 bits per heavy atom. The fourth-order valence-corrected chi connectivity index (χ4v) is 3.20. The maximum Gasteiger partial charge on any atom is 0.410 e. The molecule has 1 aromatic carbocycles. The molecule has 1 fully saturated rings. The van der Waals surface area contributed by atoms with Crippen molar-refractivity contribution >= 4 is 39.1 Å². The summed E-state index contributed by atoms with van der Waals surface area (Å²) in [6, 6.07) is 6.31. The number of nitrogens with zero attached hydrogens (tertiary/aromatic N) is 2. The van der Waals surface area contributed by atoms with E-state index in [2.05, 4.69) is 26.2 Å². The van der Waals surface area contributed by atoms with Crippen LogP contribution in [0.1, 0.15) is 33.6 Å². The summed E-state index contributed by atoms with van der Waals surface area (Å²) < 4.78 is 12.1. The van der Waals surface area contributed by atoms with Crippen molar-refractivity contribution in [3.05, 3.63) is 22.7 Å². The first kappa shape index (κ1) is 18.0. The Balaban J connectivity index is 1.48. The van der Waals surface area contributed by atoms with E-state index < -0.39 is 5.60 Å². The summed E-state index contributed by atoms with van der Waals surface area (Å²) in [5, 5.41) is 3.28. The molecule has 0 atom stereocenters. The topological polar surface area (TPSA) is 67.6 Å². The molecule has 3 rings (SSSR count). The van der Waals surface area contributed by atoms with Crippen molar-refractivity contribution in [2.24, 2.45) is 5.92 Å². The number of carbonyl (C=O) groups excluding carboxylic acids is 1. The largest absolute Gasteiger partial charge is 0.444 e. The number of nitrogens with one attached hydrogen (secondary N) is 1. The third-order valence-electron chi connectivity index (χ3n) is 4.16. The molecule has 0 radical (unpaired) electrons. The number of benzene rings is 1. The molecule has 25 heavy (non-hydrogen) atoms. The molecule has 1 aliphatic rings. The molecule has 1 saturated heterocycles.